The highest BCUT2D eigenvalue weighted by atomic mass is 16.3. The van der Waals surface area contributed by atoms with Crippen molar-refractivity contribution in [2.75, 3.05) is 0 Å². The molecule has 0 bridgehead atoms. The van der Waals surface area contributed by atoms with E-state index < -0.39 is 0 Å². The molecule has 0 saturated carbocycles. The number of aryl methyl sites for hydroxylation is 1. The van der Waals surface area contributed by atoms with E-state index in [1.54, 1.807) is 6.26 Å². The number of nitrogens with zero attached hydrogens (tertiary/aromatic N) is 2. The lowest BCUT2D eigenvalue weighted by atomic mass is 10.1. The van der Waals surface area contributed by atoms with Gasteiger partial charge in [-0.1, -0.05) is 6.07 Å². The standard InChI is InChI=1S/C16H16N2O/c1-18-9-7-13(11-15-6-4-10-19-15)16(18)12-14-5-2-3-8-17-14/h2-10H,11-12H2,1H3. The Bertz CT molecular complexity index is 639. The van der Waals surface area contributed by atoms with Crippen LogP contribution in [0.15, 0.2) is 59.5 Å². The maximum Gasteiger partial charge on any atom is 0.108 e. The molecule has 19 heavy (non-hydrogen) atoms. The fourth-order valence-corrected chi connectivity index (χ4v) is 2.29. The Balaban J connectivity index is 1.86. The molecule has 0 radical (unpaired) electrons. The van der Waals surface area contributed by atoms with E-state index in [2.05, 4.69) is 34.9 Å². The van der Waals surface area contributed by atoms with Crippen molar-refractivity contribution >= 4 is 0 Å². The molecule has 96 valence electrons. The summed E-state index contributed by atoms with van der Waals surface area (Å²) in [5.41, 5.74) is 3.67. The first kappa shape index (κ1) is 11.8. The summed E-state index contributed by atoms with van der Waals surface area (Å²) < 4.78 is 7.59. The summed E-state index contributed by atoms with van der Waals surface area (Å²) in [6, 6.07) is 12.1. The van der Waals surface area contributed by atoms with Gasteiger partial charge in [-0.25, -0.2) is 0 Å². The Morgan fingerprint density at radius 2 is 2.05 bits per heavy atom. The third-order valence-electron chi connectivity index (χ3n) is 3.32. The van der Waals surface area contributed by atoms with Gasteiger partial charge in [0.2, 0.25) is 0 Å². The zero-order valence-corrected chi connectivity index (χ0v) is 10.9. The van der Waals surface area contributed by atoms with Crippen LogP contribution < -0.4 is 0 Å². The Morgan fingerprint density at radius 3 is 2.79 bits per heavy atom. The first-order chi connectivity index (χ1) is 9.33. The molecule has 3 heterocycles. The molecule has 3 aromatic rings. The topological polar surface area (TPSA) is 31.0 Å². The van der Waals surface area contributed by atoms with E-state index >= 15 is 0 Å². The number of hydrogen-bond acceptors (Lipinski definition) is 2. The minimum atomic E-state index is 0.829. The highest BCUT2D eigenvalue weighted by Gasteiger charge is 2.10. The summed E-state index contributed by atoms with van der Waals surface area (Å²) >= 11 is 0. The van der Waals surface area contributed by atoms with Gasteiger partial charge in [0, 0.05) is 43.7 Å². The third kappa shape index (κ3) is 2.60. The van der Waals surface area contributed by atoms with Gasteiger partial charge < -0.3 is 8.98 Å². The van der Waals surface area contributed by atoms with Gasteiger partial charge in [-0.3, -0.25) is 4.98 Å². The van der Waals surface area contributed by atoms with Gasteiger partial charge in [-0.15, -0.1) is 0 Å². The van der Waals surface area contributed by atoms with E-state index in [-0.39, 0.29) is 0 Å². The predicted octanol–water partition coefficient (Wildman–Crippen LogP) is 3.19. The van der Waals surface area contributed by atoms with Crippen LogP contribution in [-0.2, 0) is 19.9 Å². The van der Waals surface area contributed by atoms with Gasteiger partial charge in [0.05, 0.1) is 6.26 Å². The maximum absolute atomic E-state index is 5.43. The Kier molecular flexibility index (Phi) is 3.19. The molecule has 0 aliphatic rings. The van der Waals surface area contributed by atoms with Gasteiger partial charge in [0.1, 0.15) is 5.76 Å². The third-order valence-corrected chi connectivity index (χ3v) is 3.32. The monoisotopic (exact) mass is 252 g/mol. The highest BCUT2D eigenvalue weighted by Crippen LogP contribution is 2.18. The van der Waals surface area contributed by atoms with Crippen molar-refractivity contribution in [3.8, 4) is 0 Å². The van der Waals surface area contributed by atoms with E-state index in [1.165, 1.54) is 11.3 Å². The molecule has 3 aromatic heterocycles. The van der Waals surface area contributed by atoms with E-state index in [9.17, 15) is 0 Å². The molecule has 3 nitrogen and oxygen atoms in total. The van der Waals surface area contributed by atoms with Gasteiger partial charge in [-0.2, -0.15) is 0 Å². The summed E-state index contributed by atoms with van der Waals surface area (Å²) in [4.78, 5) is 4.40. The summed E-state index contributed by atoms with van der Waals surface area (Å²) in [7, 11) is 2.07. The van der Waals surface area contributed by atoms with Crippen molar-refractivity contribution in [1.82, 2.24) is 9.55 Å². The molecule has 0 N–H and O–H groups in total. The number of rotatable bonds is 4. The van der Waals surface area contributed by atoms with E-state index in [0.29, 0.717) is 0 Å². The fraction of sp³-hybridized carbons (Fsp3) is 0.188. The van der Waals surface area contributed by atoms with Crippen LogP contribution in [0.1, 0.15) is 22.7 Å². The predicted molar refractivity (Wildman–Crippen MR) is 74.0 cm³/mol. The van der Waals surface area contributed by atoms with Crippen LogP contribution in [0.2, 0.25) is 0 Å². The summed E-state index contributed by atoms with van der Waals surface area (Å²) in [6.07, 6.45) is 7.33. The molecule has 0 atom stereocenters. The van der Waals surface area contributed by atoms with Crippen molar-refractivity contribution in [2.24, 2.45) is 7.05 Å². The fourth-order valence-electron chi connectivity index (χ4n) is 2.29. The normalized spacial score (nSPS) is 10.8. The second kappa shape index (κ2) is 5.14. The smallest absolute Gasteiger partial charge is 0.108 e. The minimum absolute atomic E-state index is 0.829. The molecule has 0 amide bonds. The van der Waals surface area contributed by atoms with Crippen LogP contribution in [0.25, 0.3) is 0 Å². The minimum Gasteiger partial charge on any atom is -0.469 e. The largest absolute Gasteiger partial charge is 0.469 e. The summed E-state index contributed by atoms with van der Waals surface area (Å²) in [5, 5.41) is 0. The second-order valence-corrected chi connectivity index (χ2v) is 4.65. The SMILES string of the molecule is Cn1ccc(Cc2ccco2)c1Cc1ccccn1. The average Bonchev–Trinajstić information content (AvgIpc) is 3.05. The van der Waals surface area contributed by atoms with Crippen LogP contribution in [-0.4, -0.2) is 9.55 Å². The van der Waals surface area contributed by atoms with Crippen LogP contribution >= 0.6 is 0 Å². The van der Waals surface area contributed by atoms with Crippen LogP contribution in [0.3, 0.4) is 0 Å². The lowest BCUT2D eigenvalue weighted by Gasteiger charge is -2.06. The molecular formula is C16H16N2O. The molecule has 3 heteroatoms. The molecule has 0 saturated heterocycles. The van der Waals surface area contributed by atoms with Crippen molar-refractivity contribution < 1.29 is 4.42 Å². The summed E-state index contributed by atoms with van der Waals surface area (Å²) in [5.74, 6) is 0.994. The van der Waals surface area contributed by atoms with Gasteiger partial charge in [0.15, 0.2) is 0 Å². The molecule has 3 rings (SSSR count). The van der Waals surface area contributed by atoms with Gasteiger partial charge in [0.25, 0.3) is 0 Å². The zero-order chi connectivity index (χ0) is 13.1. The molecule has 0 fully saturated rings. The van der Waals surface area contributed by atoms with Crippen LogP contribution in [0, 0.1) is 0 Å². The Morgan fingerprint density at radius 1 is 1.11 bits per heavy atom. The number of aromatic nitrogens is 2. The van der Waals surface area contributed by atoms with E-state index in [4.69, 9.17) is 4.42 Å². The van der Waals surface area contributed by atoms with Crippen molar-refractivity contribution in [3.05, 3.63) is 77.8 Å². The van der Waals surface area contributed by atoms with E-state index in [1.807, 2.05) is 30.5 Å². The number of pyridine rings is 1. The van der Waals surface area contributed by atoms with Gasteiger partial charge in [-0.05, 0) is 35.9 Å². The molecule has 0 aliphatic carbocycles. The molecule has 0 unspecified atom stereocenters. The van der Waals surface area contributed by atoms with Crippen molar-refractivity contribution in [3.63, 3.8) is 0 Å². The first-order valence-electron chi connectivity index (χ1n) is 6.38. The van der Waals surface area contributed by atoms with Gasteiger partial charge >= 0.3 is 0 Å². The maximum atomic E-state index is 5.43. The summed E-state index contributed by atoms with van der Waals surface area (Å²) in [6.45, 7) is 0. The van der Waals surface area contributed by atoms with Crippen LogP contribution in [0.4, 0.5) is 0 Å². The molecule has 0 aliphatic heterocycles. The molecular weight excluding hydrogens is 236 g/mol. The van der Waals surface area contributed by atoms with E-state index in [0.717, 1.165) is 24.3 Å². The zero-order valence-electron chi connectivity index (χ0n) is 10.9. The highest BCUT2D eigenvalue weighted by molar-refractivity contribution is 5.29. The Labute approximate surface area is 112 Å². The van der Waals surface area contributed by atoms with Crippen molar-refractivity contribution in [2.45, 2.75) is 12.8 Å². The average molecular weight is 252 g/mol. The second-order valence-electron chi connectivity index (χ2n) is 4.65. The quantitative estimate of drug-likeness (QED) is 0.714. The van der Waals surface area contributed by atoms with Crippen molar-refractivity contribution in [1.29, 1.82) is 0 Å². The molecule has 0 aromatic carbocycles. The lowest BCUT2D eigenvalue weighted by Crippen LogP contribution is -2.02. The lowest BCUT2D eigenvalue weighted by molar-refractivity contribution is 0.520. The van der Waals surface area contributed by atoms with Crippen LogP contribution in [0.5, 0.6) is 0 Å². The number of hydrogen-bond donors (Lipinski definition) is 0. The number of furan rings is 1. The Hall–Kier alpha value is -2.29. The first-order valence-corrected chi connectivity index (χ1v) is 6.38. The molecule has 0 spiro atoms.